The normalized spacial score (nSPS) is 19.0. The number of likely N-dealkylation sites (tertiary alicyclic amines) is 1. The van der Waals surface area contributed by atoms with Gasteiger partial charge in [0.1, 0.15) is 0 Å². The quantitative estimate of drug-likeness (QED) is 0.935. The van der Waals surface area contributed by atoms with Crippen molar-refractivity contribution in [2.45, 2.75) is 39.2 Å². The van der Waals surface area contributed by atoms with Gasteiger partial charge in [0, 0.05) is 30.2 Å². The molecule has 1 N–H and O–H groups in total. The van der Waals surface area contributed by atoms with Crippen LogP contribution in [0.3, 0.4) is 0 Å². The van der Waals surface area contributed by atoms with Gasteiger partial charge in [-0.3, -0.25) is 4.68 Å². The molecule has 1 saturated carbocycles. The highest BCUT2D eigenvalue weighted by atomic mass is 16.2. The number of carbonyl (C=O) groups excluding carboxylic acids is 1. The fourth-order valence-corrected chi connectivity index (χ4v) is 3.62. The summed E-state index contributed by atoms with van der Waals surface area (Å²) in [7, 11) is 0. The maximum atomic E-state index is 12.4. The van der Waals surface area contributed by atoms with Crippen molar-refractivity contribution in [2.24, 2.45) is 11.8 Å². The number of aromatic nitrogens is 2. The molecule has 1 saturated heterocycles. The molecule has 0 bridgehead atoms. The number of urea groups is 1. The highest BCUT2D eigenvalue weighted by Gasteiger charge is 2.38. The van der Waals surface area contributed by atoms with Crippen LogP contribution in [0.4, 0.5) is 10.5 Å². The fraction of sp³-hybridized carbons (Fsp3) is 0.556. The lowest BCUT2D eigenvalue weighted by molar-refractivity contribution is 0.0569. The number of benzene rings is 1. The SMILES string of the molecule is CC(C)n1ncc2ccc(NC(=O)N3CC(C4CCC4)C3)cc21. The molecule has 2 heterocycles. The molecule has 122 valence electrons. The Morgan fingerprint density at radius 2 is 2.04 bits per heavy atom. The Bertz CT molecular complexity index is 726. The average Bonchev–Trinajstić information content (AvgIpc) is 2.83. The molecule has 23 heavy (non-hydrogen) atoms. The van der Waals surface area contributed by atoms with E-state index in [0.717, 1.165) is 41.5 Å². The van der Waals surface area contributed by atoms with Crippen molar-refractivity contribution >= 4 is 22.6 Å². The van der Waals surface area contributed by atoms with Gasteiger partial charge in [0.15, 0.2) is 0 Å². The van der Waals surface area contributed by atoms with E-state index >= 15 is 0 Å². The van der Waals surface area contributed by atoms with Crippen LogP contribution in [-0.2, 0) is 0 Å². The molecule has 2 aromatic rings. The van der Waals surface area contributed by atoms with E-state index in [1.54, 1.807) is 0 Å². The summed E-state index contributed by atoms with van der Waals surface area (Å²) in [4.78, 5) is 14.3. The van der Waals surface area contributed by atoms with E-state index in [-0.39, 0.29) is 6.03 Å². The lowest BCUT2D eigenvalue weighted by Gasteiger charge is -2.46. The second kappa shape index (κ2) is 5.55. The Morgan fingerprint density at radius 3 is 2.70 bits per heavy atom. The molecule has 2 amide bonds. The molecule has 2 aliphatic rings. The largest absolute Gasteiger partial charge is 0.324 e. The number of amides is 2. The summed E-state index contributed by atoms with van der Waals surface area (Å²) in [6, 6.07) is 6.32. The van der Waals surface area contributed by atoms with Crippen LogP contribution >= 0.6 is 0 Å². The highest BCUT2D eigenvalue weighted by molar-refractivity contribution is 5.93. The van der Waals surface area contributed by atoms with E-state index in [2.05, 4.69) is 24.3 Å². The van der Waals surface area contributed by atoms with Crippen LogP contribution in [0.15, 0.2) is 24.4 Å². The van der Waals surface area contributed by atoms with Crippen LogP contribution in [0.5, 0.6) is 0 Å². The monoisotopic (exact) mass is 312 g/mol. The molecule has 5 nitrogen and oxygen atoms in total. The standard InChI is InChI=1S/C18H24N4O/c1-12(2)22-17-8-16(7-6-14(17)9-19-22)20-18(23)21-10-15(11-21)13-4-3-5-13/h6-9,12-13,15H,3-5,10-11H2,1-2H3,(H,20,23). The highest BCUT2D eigenvalue weighted by Crippen LogP contribution is 2.38. The number of nitrogens with zero attached hydrogens (tertiary/aromatic N) is 3. The van der Waals surface area contributed by atoms with E-state index in [0.29, 0.717) is 6.04 Å². The third-order valence-corrected chi connectivity index (χ3v) is 5.35. The predicted molar refractivity (Wildman–Crippen MR) is 91.5 cm³/mol. The van der Waals surface area contributed by atoms with Gasteiger partial charge in [0.2, 0.25) is 0 Å². The van der Waals surface area contributed by atoms with E-state index in [1.165, 1.54) is 19.3 Å². The molecular formula is C18H24N4O. The molecule has 1 aromatic carbocycles. The minimum absolute atomic E-state index is 0.0236. The Hall–Kier alpha value is -2.04. The molecule has 2 fully saturated rings. The Morgan fingerprint density at radius 1 is 1.26 bits per heavy atom. The zero-order valence-electron chi connectivity index (χ0n) is 13.8. The van der Waals surface area contributed by atoms with Crippen LogP contribution in [0, 0.1) is 11.8 Å². The maximum Gasteiger partial charge on any atom is 0.321 e. The molecule has 5 heteroatoms. The van der Waals surface area contributed by atoms with Gasteiger partial charge in [-0.25, -0.2) is 4.79 Å². The third-order valence-electron chi connectivity index (χ3n) is 5.35. The van der Waals surface area contributed by atoms with Gasteiger partial charge >= 0.3 is 6.03 Å². The minimum atomic E-state index is 0.0236. The first-order valence-corrected chi connectivity index (χ1v) is 8.65. The number of fused-ring (bicyclic) bond motifs is 1. The van der Waals surface area contributed by atoms with E-state index in [9.17, 15) is 4.79 Å². The summed E-state index contributed by atoms with van der Waals surface area (Å²) in [5, 5.41) is 8.55. The lowest BCUT2D eigenvalue weighted by atomic mass is 9.73. The summed E-state index contributed by atoms with van der Waals surface area (Å²) in [5.74, 6) is 1.61. The average molecular weight is 312 g/mol. The van der Waals surface area contributed by atoms with Crippen molar-refractivity contribution in [1.82, 2.24) is 14.7 Å². The van der Waals surface area contributed by atoms with Crippen molar-refractivity contribution in [3.8, 4) is 0 Å². The topological polar surface area (TPSA) is 50.2 Å². The van der Waals surface area contributed by atoms with Gasteiger partial charge in [-0.1, -0.05) is 19.3 Å². The maximum absolute atomic E-state index is 12.4. The molecule has 1 aromatic heterocycles. The summed E-state index contributed by atoms with van der Waals surface area (Å²) < 4.78 is 1.99. The second-order valence-corrected chi connectivity index (χ2v) is 7.24. The summed E-state index contributed by atoms with van der Waals surface area (Å²) in [6.45, 7) is 6.06. The first-order chi connectivity index (χ1) is 11.1. The van der Waals surface area contributed by atoms with Crippen molar-refractivity contribution < 1.29 is 4.79 Å². The molecule has 4 rings (SSSR count). The van der Waals surface area contributed by atoms with E-state index < -0.39 is 0 Å². The van der Waals surface area contributed by atoms with Crippen molar-refractivity contribution in [3.63, 3.8) is 0 Å². The zero-order chi connectivity index (χ0) is 16.0. The van der Waals surface area contributed by atoms with Crippen molar-refractivity contribution in [3.05, 3.63) is 24.4 Å². The Kier molecular flexibility index (Phi) is 3.51. The van der Waals surface area contributed by atoms with Crippen molar-refractivity contribution in [1.29, 1.82) is 0 Å². The van der Waals surface area contributed by atoms with E-state index in [1.807, 2.05) is 34.0 Å². The smallest absolute Gasteiger partial charge is 0.321 e. The molecule has 1 aliphatic carbocycles. The minimum Gasteiger partial charge on any atom is -0.324 e. The van der Waals surface area contributed by atoms with Crippen LogP contribution in [-0.4, -0.2) is 33.8 Å². The van der Waals surface area contributed by atoms with Crippen LogP contribution < -0.4 is 5.32 Å². The molecule has 1 aliphatic heterocycles. The lowest BCUT2D eigenvalue weighted by Crippen LogP contribution is -2.55. The van der Waals surface area contributed by atoms with E-state index in [4.69, 9.17) is 0 Å². The summed E-state index contributed by atoms with van der Waals surface area (Å²) in [5.41, 5.74) is 1.91. The Balaban J connectivity index is 1.43. The number of hydrogen-bond donors (Lipinski definition) is 1. The predicted octanol–water partition coefficient (Wildman–Crippen LogP) is 3.88. The Labute approximate surface area is 136 Å². The number of hydrogen-bond acceptors (Lipinski definition) is 2. The fourth-order valence-electron chi connectivity index (χ4n) is 3.62. The summed E-state index contributed by atoms with van der Waals surface area (Å²) >= 11 is 0. The van der Waals surface area contributed by atoms with Gasteiger partial charge in [-0.05, 0) is 43.9 Å². The van der Waals surface area contributed by atoms with Gasteiger partial charge in [-0.15, -0.1) is 0 Å². The van der Waals surface area contributed by atoms with Gasteiger partial charge < -0.3 is 10.2 Å². The van der Waals surface area contributed by atoms with Crippen LogP contribution in [0.25, 0.3) is 10.9 Å². The number of carbonyl (C=O) groups is 1. The third kappa shape index (κ3) is 2.58. The summed E-state index contributed by atoms with van der Waals surface area (Å²) in [6.07, 6.45) is 5.96. The van der Waals surface area contributed by atoms with Gasteiger partial charge in [-0.2, -0.15) is 5.10 Å². The molecule has 0 unspecified atom stereocenters. The van der Waals surface area contributed by atoms with Crippen LogP contribution in [0.1, 0.15) is 39.2 Å². The number of rotatable bonds is 3. The first kappa shape index (κ1) is 14.5. The molecule has 0 spiro atoms. The number of anilines is 1. The van der Waals surface area contributed by atoms with Crippen molar-refractivity contribution in [2.75, 3.05) is 18.4 Å². The molecular weight excluding hydrogens is 288 g/mol. The molecule has 0 radical (unpaired) electrons. The van der Waals surface area contributed by atoms with Gasteiger partial charge in [0.25, 0.3) is 0 Å². The zero-order valence-corrected chi connectivity index (χ0v) is 13.8. The van der Waals surface area contributed by atoms with Crippen LogP contribution in [0.2, 0.25) is 0 Å². The first-order valence-electron chi connectivity index (χ1n) is 8.65. The number of nitrogens with one attached hydrogen (secondary N) is 1. The van der Waals surface area contributed by atoms with Gasteiger partial charge in [0.05, 0.1) is 11.7 Å². The second-order valence-electron chi connectivity index (χ2n) is 7.24. The molecule has 0 atom stereocenters.